The zero-order valence-corrected chi connectivity index (χ0v) is 16.8. The van der Waals surface area contributed by atoms with Crippen molar-refractivity contribution in [1.29, 1.82) is 0 Å². The summed E-state index contributed by atoms with van der Waals surface area (Å²) in [6.07, 6.45) is 2.09. The number of carbonyl (C=O) groups excluding carboxylic acids is 1. The first-order valence-electron chi connectivity index (χ1n) is 10.1. The maximum Gasteiger partial charge on any atom is 0.220 e. The Balaban J connectivity index is 1.49. The molecule has 0 radical (unpaired) electrons. The van der Waals surface area contributed by atoms with Gasteiger partial charge in [-0.05, 0) is 30.9 Å². The van der Waals surface area contributed by atoms with Gasteiger partial charge in [0.05, 0.1) is 19.3 Å². The maximum atomic E-state index is 13.4. The molecule has 0 aliphatic carbocycles. The Morgan fingerprint density at radius 1 is 1.28 bits per heavy atom. The number of piperidine rings is 1. The minimum atomic E-state index is -0.556. The van der Waals surface area contributed by atoms with Crippen molar-refractivity contribution >= 4 is 5.91 Å². The number of nitrogens with one attached hydrogen (secondary N) is 1. The molecule has 2 N–H and O–H groups in total. The Morgan fingerprint density at radius 3 is 2.83 bits per heavy atom. The number of amides is 1. The van der Waals surface area contributed by atoms with Gasteiger partial charge in [0, 0.05) is 37.7 Å². The van der Waals surface area contributed by atoms with Gasteiger partial charge >= 0.3 is 0 Å². The molecule has 3 rings (SSSR count). The molecule has 6 heteroatoms. The summed E-state index contributed by atoms with van der Waals surface area (Å²) in [4.78, 5) is 14.5. The molecule has 2 aromatic carbocycles. The van der Waals surface area contributed by atoms with Gasteiger partial charge in [0.2, 0.25) is 5.91 Å². The first-order chi connectivity index (χ1) is 14.0. The van der Waals surface area contributed by atoms with E-state index in [1.807, 2.05) is 18.2 Å². The highest BCUT2D eigenvalue weighted by Gasteiger charge is 2.29. The number of methoxy groups -OCH3 is 1. The molecule has 1 fully saturated rings. The number of nitrogens with zero attached hydrogens (tertiary/aromatic N) is 1. The summed E-state index contributed by atoms with van der Waals surface area (Å²) in [5.41, 5.74) is 2.11. The molecular formula is C23H29FN2O3. The Bertz CT molecular complexity index is 800. The van der Waals surface area contributed by atoms with E-state index in [1.165, 1.54) is 24.8 Å². The van der Waals surface area contributed by atoms with E-state index >= 15 is 0 Å². The van der Waals surface area contributed by atoms with Gasteiger partial charge in [-0.1, -0.05) is 36.4 Å². The third-order valence-corrected chi connectivity index (χ3v) is 5.36. The quantitative estimate of drug-likeness (QED) is 0.715. The summed E-state index contributed by atoms with van der Waals surface area (Å²) < 4.78 is 18.7. The molecule has 29 heavy (non-hydrogen) atoms. The molecular weight excluding hydrogens is 371 g/mol. The number of carbonyl (C=O) groups is 1. The highest BCUT2D eigenvalue weighted by atomic mass is 19.1. The van der Waals surface area contributed by atoms with Crippen LogP contribution in [-0.4, -0.2) is 48.3 Å². The van der Waals surface area contributed by atoms with Crippen LogP contribution in [0.2, 0.25) is 0 Å². The van der Waals surface area contributed by atoms with Gasteiger partial charge < -0.3 is 15.2 Å². The summed E-state index contributed by atoms with van der Waals surface area (Å²) >= 11 is 0. The number of ether oxygens (including phenoxy) is 1. The minimum absolute atomic E-state index is 0.0359. The Morgan fingerprint density at radius 2 is 2.07 bits per heavy atom. The normalized spacial score (nSPS) is 19.7. The zero-order valence-electron chi connectivity index (χ0n) is 16.8. The number of benzene rings is 2. The van der Waals surface area contributed by atoms with E-state index in [4.69, 9.17) is 4.74 Å². The summed E-state index contributed by atoms with van der Waals surface area (Å²) in [5, 5.41) is 13.3. The second-order valence-corrected chi connectivity index (χ2v) is 7.56. The molecule has 5 nitrogen and oxygen atoms in total. The average molecular weight is 400 g/mol. The molecule has 0 saturated carbocycles. The molecule has 2 aromatic rings. The number of aliphatic hydroxyl groups is 1. The molecule has 1 amide bonds. The van der Waals surface area contributed by atoms with Crippen molar-refractivity contribution in [2.24, 2.45) is 0 Å². The van der Waals surface area contributed by atoms with Crippen molar-refractivity contribution in [2.45, 2.75) is 44.4 Å². The second kappa shape index (κ2) is 10.4. The molecule has 1 aliphatic rings. The highest BCUT2D eigenvalue weighted by molar-refractivity contribution is 5.76. The number of hydrogen-bond acceptors (Lipinski definition) is 4. The van der Waals surface area contributed by atoms with E-state index in [9.17, 15) is 14.3 Å². The molecule has 2 atom stereocenters. The van der Waals surface area contributed by atoms with E-state index in [0.717, 1.165) is 18.4 Å². The molecule has 0 bridgehead atoms. The topological polar surface area (TPSA) is 61.8 Å². The van der Waals surface area contributed by atoms with Crippen LogP contribution < -0.4 is 10.1 Å². The van der Waals surface area contributed by atoms with Gasteiger partial charge in [0.15, 0.2) is 0 Å². The fourth-order valence-corrected chi connectivity index (χ4v) is 3.76. The maximum absolute atomic E-state index is 13.4. The first-order valence-corrected chi connectivity index (χ1v) is 10.1. The van der Waals surface area contributed by atoms with Crippen LogP contribution in [0, 0.1) is 5.82 Å². The van der Waals surface area contributed by atoms with Crippen LogP contribution in [0.4, 0.5) is 4.39 Å². The molecule has 1 saturated heterocycles. The predicted molar refractivity (Wildman–Crippen MR) is 110 cm³/mol. The van der Waals surface area contributed by atoms with Gasteiger partial charge in [0.25, 0.3) is 0 Å². The number of aliphatic hydroxyl groups excluding tert-OH is 1. The molecule has 0 aromatic heterocycles. The Kier molecular flexibility index (Phi) is 7.61. The number of hydrogen-bond donors (Lipinski definition) is 2. The second-order valence-electron chi connectivity index (χ2n) is 7.56. The predicted octanol–water partition coefficient (Wildman–Crippen LogP) is 2.91. The summed E-state index contributed by atoms with van der Waals surface area (Å²) in [6.45, 7) is 1.84. The fourth-order valence-electron chi connectivity index (χ4n) is 3.76. The first kappa shape index (κ1) is 21.3. The van der Waals surface area contributed by atoms with Gasteiger partial charge in [0.1, 0.15) is 11.6 Å². The number of rotatable bonds is 8. The van der Waals surface area contributed by atoms with Crippen LogP contribution in [0.3, 0.4) is 0 Å². The van der Waals surface area contributed by atoms with Crippen molar-refractivity contribution in [2.75, 3.05) is 20.2 Å². The minimum Gasteiger partial charge on any atom is -0.496 e. The van der Waals surface area contributed by atoms with Crippen LogP contribution in [0.15, 0.2) is 48.5 Å². The SMILES string of the molecule is COc1cc(F)ccc1CN1CC[C@H](O)[C@H](NC(=O)CCCc2ccccc2)C1. The molecule has 0 spiro atoms. The van der Waals surface area contributed by atoms with Crippen LogP contribution >= 0.6 is 0 Å². The van der Waals surface area contributed by atoms with Gasteiger partial charge in [-0.15, -0.1) is 0 Å². The van der Waals surface area contributed by atoms with Gasteiger partial charge in [-0.2, -0.15) is 0 Å². The summed E-state index contributed by atoms with van der Waals surface area (Å²) in [7, 11) is 1.52. The lowest BCUT2D eigenvalue weighted by molar-refractivity contribution is -0.123. The van der Waals surface area contributed by atoms with Crippen LogP contribution in [-0.2, 0) is 17.8 Å². The average Bonchev–Trinajstić information content (AvgIpc) is 2.72. The standard InChI is InChI=1S/C23H29FN2O3/c1-29-22-14-19(24)11-10-18(22)15-26-13-12-21(27)20(16-26)25-23(28)9-5-8-17-6-3-2-4-7-17/h2-4,6-7,10-11,14,20-21,27H,5,8-9,12-13,15-16H2,1H3,(H,25,28)/t20-,21+/m1/s1. The largest absolute Gasteiger partial charge is 0.496 e. The van der Waals surface area contributed by atoms with E-state index in [2.05, 4.69) is 22.3 Å². The molecule has 1 heterocycles. The number of aryl methyl sites for hydroxylation is 1. The van der Waals surface area contributed by atoms with Crippen LogP contribution in [0.25, 0.3) is 0 Å². The number of likely N-dealkylation sites (tertiary alicyclic amines) is 1. The summed E-state index contributed by atoms with van der Waals surface area (Å²) in [6, 6.07) is 14.3. The van der Waals surface area contributed by atoms with E-state index in [1.54, 1.807) is 6.07 Å². The molecule has 1 aliphatic heterocycles. The lowest BCUT2D eigenvalue weighted by Gasteiger charge is -2.36. The smallest absolute Gasteiger partial charge is 0.220 e. The van der Waals surface area contributed by atoms with Crippen LogP contribution in [0.5, 0.6) is 5.75 Å². The lowest BCUT2D eigenvalue weighted by Crippen LogP contribution is -2.54. The van der Waals surface area contributed by atoms with E-state index < -0.39 is 6.10 Å². The molecule has 156 valence electrons. The fraction of sp³-hybridized carbons (Fsp3) is 0.435. The van der Waals surface area contributed by atoms with E-state index in [-0.39, 0.29) is 17.8 Å². The zero-order chi connectivity index (χ0) is 20.6. The van der Waals surface area contributed by atoms with Crippen LogP contribution in [0.1, 0.15) is 30.4 Å². The highest BCUT2D eigenvalue weighted by Crippen LogP contribution is 2.23. The van der Waals surface area contributed by atoms with Crippen molar-refractivity contribution in [3.05, 3.63) is 65.5 Å². The Labute approximate surface area is 171 Å². The summed E-state index contributed by atoms with van der Waals surface area (Å²) in [5.74, 6) is 0.143. The monoisotopic (exact) mass is 400 g/mol. The third-order valence-electron chi connectivity index (χ3n) is 5.36. The van der Waals surface area contributed by atoms with Crippen molar-refractivity contribution in [3.63, 3.8) is 0 Å². The van der Waals surface area contributed by atoms with Gasteiger partial charge in [-0.3, -0.25) is 9.69 Å². The molecule has 0 unspecified atom stereocenters. The Hall–Kier alpha value is -2.44. The van der Waals surface area contributed by atoms with E-state index in [0.29, 0.717) is 38.2 Å². The lowest BCUT2D eigenvalue weighted by atomic mass is 10.0. The van der Waals surface area contributed by atoms with Crippen molar-refractivity contribution < 1.29 is 19.0 Å². The van der Waals surface area contributed by atoms with Crippen molar-refractivity contribution in [3.8, 4) is 5.75 Å². The third kappa shape index (κ3) is 6.27. The number of halogens is 1. The van der Waals surface area contributed by atoms with Gasteiger partial charge in [-0.25, -0.2) is 4.39 Å². The van der Waals surface area contributed by atoms with Crippen molar-refractivity contribution in [1.82, 2.24) is 10.2 Å².